The third-order valence-electron chi connectivity index (χ3n) is 3.53. The number of carbonyl (C=O) groups is 2. The Morgan fingerprint density at radius 3 is 2.71 bits per heavy atom. The molecule has 21 heavy (non-hydrogen) atoms. The van der Waals surface area contributed by atoms with Gasteiger partial charge in [-0.2, -0.15) is 0 Å². The topological polar surface area (TPSA) is 69.6 Å². The molecule has 0 radical (unpaired) electrons. The Morgan fingerprint density at radius 1 is 1.19 bits per heavy atom. The zero-order valence-corrected chi connectivity index (χ0v) is 12.0. The van der Waals surface area contributed by atoms with Crippen LogP contribution in [0.5, 0.6) is 0 Å². The molecule has 0 saturated heterocycles. The summed E-state index contributed by atoms with van der Waals surface area (Å²) in [4.78, 5) is 25.0. The fraction of sp³-hybridized carbons (Fsp3) is 0.200. The number of amides is 2. The predicted molar refractivity (Wildman–Crippen MR) is 80.9 cm³/mol. The van der Waals surface area contributed by atoms with Crippen molar-refractivity contribution in [3.63, 3.8) is 0 Å². The normalized spacial score (nSPS) is 13.6. The molecule has 0 atom stereocenters. The highest BCUT2D eigenvalue weighted by molar-refractivity contribution is 7.14. The number of nitrogens with zero attached hydrogens (tertiary/aromatic N) is 1. The van der Waals surface area contributed by atoms with Crippen molar-refractivity contribution >= 4 is 28.3 Å². The number of carboxylic acids is 1. The van der Waals surface area contributed by atoms with Crippen LogP contribution >= 0.6 is 11.3 Å². The van der Waals surface area contributed by atoms with E-state index >= 15 is 0 Å². The van der Waals surface area contributed by atoms with Crippen LogP contribution in [0.25, 0.3) is 0 Å². The summed E-state index contributed by atoms with van der Waals surface area (Å²) in [6.07, 6.45) is 0.819. The second-order valence-corrected chi connectivity index (χ2v) is 5.76. The molecule has 0 bridgehead atoms. The van der Waals surface area contributed by atoms with Crippen molar-refractivity contribution in [3.8, 4) is 0 Å². The SMILES string of the molecule is O=C(O)c1ccsc1NC(=O)N1CCc2ccccc2C1. The van der Waals surface area contributed by atoms with E-state index in [2.05, 4.69) is 11.4 Å². The number of urea groups is 1. The average molecular weight is 302 g/mol. The van der Waals surface area contributed by atoms with Crippen molar-refractivity contribution in [2.45, 2.75) is 13.0 Å². The van der Waals surface area contributed by atoms with E-state index in [1.165, 1.54) is 23.0 Å². The van der Waals surface area contributed by atoms with Crippen LogP contribution in [0.3, 0.4) is 0 Å². The lowest BCUT2D eigenvalue weighted by molar-refractivity contribution is 0.0698. The van der Waals surface area contributed by atoms with Crippen molar-refractivity contribution in [2.75, 3.05) is 11.9 Å². The van der Waals surface area contributed by atoms with Gasteiger partial charge in [0.25, 0.3) is 0 Å². The lowest BCUT2D eigenvalue weighted by atomic mass is 10.0. The van der Waals surface area contributed by atoms with Gasteiger partial charge in [-0.05, 0) is 29.0 Å². The number of benzene rings is 1. The number of anilines is 1. The van der Waals surface area contributed by atoms with E-state index in [0.717, 1.165) is 12.0 Å². The standard InChI is InChI=1S/C15H14N2O3S/c18-14(19)12-6-8-21-13(12)16-15(20)17-7-5-10-3-1-2-4-11(10)9-17/h1-4,6,8H,5,7,9H2,(H,16,20)(H,18,19). The first-order valence-corrected chi connectivity index (χ1v) is 7.46. The minimum Gasteiger partial charge on any atom is -0.478 e. The summed E-state index contributed by atoms with van der Waals surface area (Å²) in [7, 11) is 0. The van der Waals surface area contributed by atoms with Gasteiger partial charge in [-0.15, -0.1) is 11.3 Å². The fourth-order valence-corrected chi connectivity index (χ4v) is 3.19. The van der Waals surface area contributed by atoms with Crippen LogP contribution in [-0.2, 0) is 13.0 Å². The molecule has 0 unspecified atom stereocenters. The number of aromatic carboxylic acids is 1. The third-order valence-corrected chi connectivity index (χ3v) is 4.36. The number of carboxylic acid groups (broad SMARTS) is 1. The predicted octanol–water partition coefficient (Wildman–Crippen LogP) is 3.04. The highest BCUT2D eigenvalue weighted by atomic mass is 32.1. The molecule has 0 fully saturated rings. The van der Waals surface area contributed by atoms with Crippen molar-refractivity contribution < 1.29 is 14.7 Å². The van der Waals surface area contributed by atoms with E-state index in [0.29, 0.717) is 18.1 Å². The largest absolute Gasteiger partial charge is 0.478 e. The molecule has 2 heterocycles. The van der Waals surface area contributed by atoms with Gasteiger partial charge in [0.1, 0.15) is 5.00 Å². The second-order valence-electron chi connectivity index (χ2n) is 4.84. The molecule has 108 valence electrons. The highest BCUT2D eigenvalue weighted by Gasteiger charge is 2.22. The van der Waals surface area contributed by atoms with Gasteiger partial charge in [-0.1, -0.05) is 24.3 Å². The molecule has 2 N–H and O–H groups in total. The lowest BCUT2D eigenvalue weighted by Crippen LogP contribution is -2.38. The van der Waals surface area contributed by atoms with E-state index in [1.54, 1.807) is 10.3 Å². The van der Waals surface area contributed by atoms with Crippen molar-refractivity contribution in [3.05, 3.63) is 52.4 Å². The van der Waals surface area contributed by atoms with Crippen LogP contribution in [0.15, 0.2) is 35.7 Å². The van der Waals surface area contributed by atoms with Crippen LogP contribution in [0, 0.1) is 0 Å². The molecule has 1 aromatic carbocycles. The minimum absolute atomic E-state index is 0.130. The van der Waals surface area contributed by atoms with Gasteiger partial charge < -0.3 is 10.0 Å². The van der Waals surface area contributed by atoms with Gasteiger partial charge in [0, 0.05) is 13.1 Å². The number of hydrogen-bond donors (Lipinski definition) is 2. The summed E-state index contributed by atoms with van der Waals surface area (Å²) >= 11 is 1.22. The van der Waals surface area contributed by atoms with Crippen LogP contribution in [-0.4, -0.2) is 28.6 Å². The van der Waals surface area contributed by atoms with E-state index in [9.17, 15) is 9.59 Å². The van der Waals surface area contributed by atoms with Gasteiger partial charge in [0.2, 0.25) is 0 Å². The first-order valence-electron chi connectivity index (χ1n) is 6.58. The Labute approximate surface area is 125 Å². The van der Waals surface area contributed by atoms with E-state index < -0.39 is 5.97 Å². The minimum atomic E-state index is -1.03. The summed E-state index contributed by atoms with van der Waals surface area (Å²) in [5.74, 6) is -1.03. The maximum absolute atomic E-state index is 12.3. The average Bonchev–Trinajstić information content (AvgIpc) is 2.95. The Kier molecular flexibility index (Phi) is 3.62. The Morgan fingerprint density at radius 2 is 1.95 bits per heavy atom. The molecular weight excluding hydrogens is 288 g/mol. The van der Waals surface area contributed by atoms with E-state index in [1.807, 2.05) is 18.2 Å². The molecule has 6 heteroatoms. The molecule has 3 rings (SSSR count). The Bertz CT molecular complexity index is 696. The number of nitrogens with one attached hydrogen (secondary N) is 1. The lowest BCUT2D eigenvalue weighted by Gasteiger charge is -2.28. The highest BCUT2D eigenvalue weighted by Crippen LogP contribution is 2.25. The molecule has 1 aromatic heterocycles. The molecule has 2 amide bonds. The number of thiophene rings is 1. The molecule has 0 saturated carbocycles. The van der Waals surface area contributed by atoms with Crippen LogP contribution < -0.4 is 5.32 Å². The molecule has 0 aliphatic carbocycles. The van der Waals surface area contributed by atoms with Gasteiger partial charge in [0.05, 0.1) is 5.56 Å². The first-order chi connectivity index (χ1) is 10.1. The number of hydrogen-bond acceptors (Lipinski definition) is 3. The summed E-state index contributed by atoms with van der Waals surface area (Å²) in [5.41, 5.74) is 2.54. The van der Waals surface area contributed by atoms with Crippen LogP contribution in [0.2, 0.25) is 0 Å². The second kappa shape index (κ2) is 5.57. The van der Waals surface area contributed by atoms with Crippen molar-refractivity contribution in [1.29, 1.82) is 0 Å². The summed E-state index contributed by atoms with van der Waals surface area (Å²) < 4.78 is 0. The molecular formula is C15H14N2O3S. The molecule has 5 nitrogen and oxygen atoms in total. The number of rotatable bonds is 2. The number of fused-ring (bicyclic) bond motifs is 1. The summed E-state index contributed by atoms with van der Waals surface area (Å²) in [5, 5.41) is 13.8. The van der Waals surface area contributed by atoms with Crippen LogP contribution in [0.1, 0.15) is 21.5 Å². The zero-order valence-electron chi connectivity index (χ0n) is 11.2. The fourth-order valence-electron chi connectivity index (χ4n) is 2.42. The van der Waals surface area contributed by atoms with E-state index in [4.69, 9.17) is 5.11 Å². The maximum atomic E-state index is 12.3. The monoisotopic (exact) mass is 302 g/mol. The van der Waals surface area contributed by atoms with Crippen molar-refractivity contribution in [2.24, 2.45) is 0 Å². The van der Waals surface area contributed by atoms with Gasteiger partial charge in [-0.25, -0.2) is 9.59 Å². The maximum Gasteiger partial charge on any atom is 0.338 e. The van der Waals surface area contributed by atoms with Gasteiger partial charge >= 0.3 is 12.0 Å². The Hall–Kier alpha value is -2.34. The summed E-state index contributed by atoms with van der Waals surface area (Å²) in [6, 6.07) is 9.29. The quantitative estimate of drug-likeness (QED) is 0.896. The molecule has 0 spiro atoms. The Balaban J connectivity index is 1.72. The zero-order chi connectivity index (χ0) is 14.8. The third kappa shape index (κ3) is 2.75. The van der Waals surface area contributed by atoms with Crippen LogP contribution in [0.4, 0.5) is 9.80 Å². The summed E-state index contributed by atoms with van der Waals surface area (Å²) in [6.45, 7) is 1.19. The molecule has 1 aliphatic rings. The molecule has 1 aliphatic heterocycles. The molecule has 2 aromatic rings. The van der Waals surface area contributed by atoms with Gasteiger partial charge in [-0.3, -0.25) is 5.32 Å². The smallest absolute Gasteiger partial charge is 0.338 e. The van der Waals surface area contributed by atoms with Crippen molar-refractivity contribution in [1.82, 2.24) is 4.90 Å². The van der Waals surface area contributed by atoms with E-state index in [-0.39, 0.29) is 11.6 Å². The van der Waals surface area contributed by atoms with Gasteiger partial charge in [0.15, 0.2) is 0 Å². The first kappa shape index (κ1) is 13.6. The number of carbonyl (C=O) groups excluding carboxylic acids is 1.